The average Bonchev–Trinajstić information content (AvgIpc) is 3.12. The van der Waals surface area contributed by atoms with Gasteiger partial charge in [-0.3, -0.25) is 9.59 Å². The lowest BCUT2D eigenvalue weighted by Crippen LogP contribution is -2.21. The van der Waals surface area contributed by atoms with E-state index in [1.54, 1.807) is 0 Å². The topological polar surface area (TPSA) is 54.4 Å². The lowest BCUT2D eigenvalue weighted by Gasteiger charge is -2.09. The molecule has 0 spiro atoms. The fraction of sp³-hybridized carbons (Fsp3) is 0.872. The Bertz CT molecular complexity index is 754. The molecule has 0 fully saturated rings. The summed E-state index contributed by atoms with van der Waals surface area (Å²) in [6.07, 6.45) is 54.3. The standard InChI is InChI=1S/C47H88O3/c1-3-5-7-9-11-13-15-17-19-21-23-25-27-29-31-33-35-37-39-41-45(48)43-44-47(50)46(49)42-40-38-36-34-32-30-28-26-24-22-20-18-16-14-12-10-8-6-4-2/h17-20,46,49H,3-16,21-44H2,1-2H3. The number of carbonyl (C=O) groups is 2. The van der Waals surface area contributed by atoms with Gasteiger partial charge in [-0.2, -0.15) is 0 Å². The molecule has 0 radical (unpaired) electrons. The maximum absolute atomic E-state index is 12.3. The van der Waals surface area contributed by atoms with E-state index in [9.17, 15) is 14.7 Å². The molecule has 0 saturated heterocycles. The highest BCUT2D eigenvalue weighted by molar-refractivity contribution is 5.88. The lowest BCUT2D eigenvalue weighted by molar-refractivity contribution is -0.130. The summed E-state index contributed by atoms with van der Waals surface area (Å²) in [6.45, 7) is 4.55. The molecule has 0 rings (SSSR count). The Labute approximate surface area is 313 Å². The molecule has 0 aliphatic heterocycles. The van der Waals surface area contributed by atoms with Gasteiger partial charge >= 0.3 is 0 Å². The predicted octanol–water partition coefficient (Wildman–Crippen LogP) is 15.5. The van der Waals surface area contributed by atoms with Crippen molar-refractivity contribution in [3.8, 4) is 0 Å². The minimum Gasteiger partial charge on any atom is -0.385 e. The van der Waals surface area contributed by atoms with Gasteiger partial charge in [0, 0.05) is 19.3 Å². The minimum absolute atomic E-state index is 0.139. The normalized spacial score (nSPS) is 12.5. The van der Waals surface area contributed by atoms with Crippen molar-refractivity contribution >= 4 is 11.6 Å². The first-order valence-electron chi connectivity index (χ1n) is 22.6. The third-order valence-electron chi connectivity index (χ3n) is 10.5. The number of hydrogen-bond donors (Lipinski definition) is 1. The van der Waals surface area contributed by atoms with Gasteiger partial charge in [-0.15, -0.1) is 0 Å². The second kappa shape index (κ2) is 42.2. The number of allylic oxidation sites excluding steroid dienone is 4. The van der Waals surface area contributed by atoms with Crippen LogP contribution in [0.1, 0.15) is 258 Å². The number of ketones is 2. The highest BCUT2D eigenvalue weighted by atomic mass is 16.3. The van der Waals surface area contributed by atoms with Crippen molar-refractivity contribution in [3.05, 3.63) is 24.3 Å². The van der Waals surface area contributed by atoms with Crippen LogP contribution in [0, 0.1) is 0 Å². The highest BCUT2D eigenvalue weighted by Crippen LogP contribution is 2.16. The van der Waals surface area contributed by atoms with Crippen LogP contribution in [0.15, 0.2) is 24.3 Å². The smallest absolute Gasteiger partial charge is 0.161 e. The van der Waals surface area contributed by atoms with Crippen molar-refractivity contribution in [2.24, 2.45) is 0 Å². The molecule has 0 heterocycles. The molecule has 3 heteroatoms. The second-order valence-electron chi connectivity index (χ2n) is 15.6. The van der Waals surface area contributed by atoms with Crippen LogP contribution in [0.5, 0.6) is 0 Å². The zero-order valence-corrected chi connectivity index (χ0v) is 34.0. The molecule has 0 aromatic heterocycles. The molecule has 0 aromatic carbocycles. The third-order valence-corrected chi connectivity index (χ3v) is 10.5. The van der Waals surface area contributed by atoms with Crippen LogP contribution in [0.3, 0.4) is 0 Å². The van der Waals surface area contributed by atoms with Crippen molar-refractivity contribution in [2.45, 2.75) is 264 Å². The largest absolute Gasteiger partial charge is 0.385 e. The molecule has 0 aromatic rings. The molecular formula is C47H88O3. The van der Waals surface area contributed by atoms with E-state index in [0.29, 0.717) is 19.3 Å². The summed E-state index contributed by atoms with van der Waals surface area (Å²) < 4.78 is 0. The predicted molar refractivity (Wildman–Crippen MR) is 221 cm³/mol. The van der Waals surface area contributed by atoms with Crippen LogP contribution < -0.4 is 0 Å². The molecule has 0 bridgehead atoms. The first-order valence-corrected chi connectivity index (χ1v) is 22.6. The Morgan fingerprint density at radius 1 is 0.380 bits per heavy atom. The maximum atomic E-state index is 12.3. The number of aliphatic hydroxyl groups is 1. The van der Waals surface area contributed by atoms with Crippen molar-refractivity contribution in [3.63, 3.8) is 0 Å². The van der Waals surface area contributed by atoms with E-state index in [4.69, 9.17) is 0 Å². The molecule has 3 nitrogen and oxygen atoms in total. The summed E-state index contributed by atoms with van der Waals surface area (Å²) in [4.78, 5) is 24.6. The molecule has 0 saturated carbocycles. The Morgan fingerprint density at radius 2 is 0.680 bits per heavy atom. The fourth-order valence-corrected chi connectivity index (χ4v) is 6.93. The number of hydrogen-bond acceptors (Lipinski definition) is 3. The van der Waals surface area contributed by atoms with Crippen LogP contribution in [0.2, 0.25) is 0 Å². The molecule has 1 atom stereocenters. The van der Waals surface area contributed by atoms with Crippen LogP contribution >= 0.6 is 0 Å². The SMILES string of the molecule is CCCCCCCCC=CCCCCCCCCCCCC(=O)CCC(=O)C(O)CCCCCCCCCCCC=CCCCCCCCC. The zero-order chi connectivity index (χ0) is 36.4. The molecule has 0 aliphatic rings. The summed E-state index contributed by atoms with van der Waals surface area (Å²) in [7, 11) is 0. The van der Waals surface area contributed by atoms with Gasteiger partial charge in [0.25, 0.3) is 0 Å². The summed E-state index contributed by atoms with van der Waals surface area (Å²) in [6, 6.07) is 0. The van der Waals surface area contributed by atoms with Gasteiger partial charge in [-0.1, -0.05) is 199 Å². The monoisotopic (exact) mass is 701 g/mol. The maximum Gasteiger partial charge on any atom is 0.161 e. The number of aliphatic hydroxyl groups excluding tert-OH is 1. The van der Waals surface area contributed by atoms with Gasteiger partial charge in [-0.25, -0.2) is 0 Å². The van der Waals surface area contributed by atoms with E-state index in [1.165, 1.54) is 193 Å². The van der Waals surface area contributed by atoms with Gasteiger partial charge in [0.15, 0.2) is 5.78 Å². The van der Waals surface area contributed by atoms with Crippen LogP contribution in [0.25, 0.3) is 0 Å². The number of unbranched alkanes of at least 4 members (excludes halogenated alkanes) is 30. The molecular weight excluding hydrogens is 613 g/mol. The van der Waals surface area contributed by atoms with E-state index in [-0.39, 0.29) is 18.0 Å². The van der Waals surface area contributed by atoms with Gasteiger partial charge in [0.05, 0.1) is 0 Å². The van der Waals surface area contributed by atoms with Crippen molar-refractivity contribution in [2.75, 3.05) is 0 Å². The Morgan fingerprint density at radius 3 is 1.04 bits per heavy atom. The van der Waals surface area contributed by atoms with Gasteiger partial charge in [-0.05, 0) is 64.2 Å². The van der Waals surface area contributed by atoms with E-state index >= 15 is 0 Å². The molecule has 1 N–H and O–H groups in total. The zero-order valence-electron chi connectivity index (χ0n) is 34.0. The number of Topliss-reactive ketones (excluding diaryl/α,β-unsaturated/α-hetero) is 2. The summed E-state index contributed by atoms with van der Waals surface area (Å²) in [5.41, 5.74) is 0. The molecule has 50 heavy (non-hydrogen) atoms. The second-order valence-corrected chi connectivity index (χ2v) is 15.6. The van der Waals surface area contributed by atoms with Crippen LogP contribution in [-0.2, 0) is 9.59 Å². The number of rotatable bonds is 42. The Hall–Kier alpha value is -1.22. The summed E-state index contributed by atoms with van der Waals surface area (Å²) in [5, 5.41) is 10.3. The Kier molecular flexibility index (Phi) is 41.2. The van der Waals surface area contributed by atoms with Crippen LogP contribution in [-0.4, -0.2) is 22.8 Å². The molecule has 0 amide bonds. The minimum atomic E-state index is -0.881. The third kappa shape index (κ3) is 39.6. The van der Waals surface area contributed by atoms with E-state index in [2.05, 4.69) is 38.2 Å². The van der Waals surface area contributed by atoms with Crippen molar-refractivity contribution < 1.29 is 14.7 Å². The Balaban J connectivity index is 3.41. The fourth-order valence-electron chi connectivity index (χ4n) is 6.93. The van der Waals surface area contributed by atoms with Gasteiger partial charge in [0.2, 0.25) is 0 Å². The van der Waals surface area contributed by atoms with E-state index in [1.807, 2.05) is 0 Å². The average molecular weight is 701 g/mol. The first-order chi connectivity index (χ1) is 24.6. The number of carbonyl (C=O) groups excluding carboxylic acids is 2. The van der Waals surface area contributed by atoms with Crippen molar-refractivity contribution in [1.82, 2.24) is 0 Å². The van der Waals surface area contributed by atoms with Crippen molar-refractivity contribution in [1.29, 1.82) is 0 Å². The molecule has 294 valence electrons. The first kappa shape index (κ1) is 48.8. The lowest BCUT2D eigenvalue weighted by atomic mass is 9.99. The van der Waals surface area contributed by atoms with E-state index in [0.717, 1.165) is 25.7 Å². The van der Waals surface area contributed by atoms with E-state index < -0.39 is 6.10 Å². The summed E-state index contributed by atoms with van der Waals surface area (Å²) in [5.74, 6) is 0.0475. The highest BCUT2D eigenvalue weighted by Gasteiger charge is 2.16. The molecule has 1 unspecified atom stereocenters. The van der Waals surface area contributed by atoms with Gasteiger partial charge < -0.3 is 5.11 Å². The quantitative estimate of drug-likeness (QED) is 0.0509. The van der Waals surface area contributed by atoms with Gasteiger partial charge in [0.1, 0.15) is 11.9 Å². The van der Waals surface area contributed by atoms with Crippen LogP contribution in [0.4, 0.5) is 0 Å². The molecule has 0 aliphatic carbocycles. The summed E-state index contributed by atoms with van der Waals surface area (Å²) >= 11 is 0.